The van der Waals surface area contributed by atoms with Crippen molar-refractivity contribution in [2.75, 3.05) is 0 Å². The minimum atomic E-state index is -0.560. The van der Waals surface area contributed by atoms with Crippen molar-refractivity contribution in [1.29, 1.82) is 0 Å². The lowest BCUT2D eigenvalue weighted by molar-refractivity contribution is 0.443. The molecule has 1 saturated carbocycles. The van der Waals surface area contributed by atoms with Crippen molar-refractivity contribution in [3.8, 4) is 0 Å². The summed E-state index contributed by atoms with van der Waals surface area (Å²) in [7, 11) is 0. The van der Waals surface area contributed by atoms with E-state index in [1.807, 2.05) is 0 Å². The Balaban J connectivity index is 3.56. The maximum atomic E-state index is 3.78. The molecule has 1 aliphatic rings. The monoisotopic (exact) mass is 877 g/mol. The van der Waals surface area contributed by atoms with Gasteiger partial charge in [0.25, 0.3) is 0 Å². The van der Waals surface area contributed by atoms with E-state index in [1.54, 1.807) is 0 Å². The third kappa shape index (κ3) is 2.64. The summed E-state index contributed by atoms with van der Waals surface area (Å²) < 4.78 is -2.40. The van der Waals surface area contributed by atoms with Gasteiger partial charge in [-0.2, -0.15) is 0 Å². The van der Waals surface area contributed by atoms with Gasteiger partial charge in [0.2, 0.25) is 0 Å². The zero-order valence-electron chi connectivity index (χ0n) is 7.86. The molecular weight excluding hydrogens is 883 g/mol. The standard InChI is InChI=1S/C7H4Br10/c1-3(9)2(8)4(10,11)6(14,15)7(16,17)5(3,12)13/h2H,1H3. The van der Waals surface area contributed by atoms with E-state index in [2.05, 4.69) is 166 Å². The third-order valence-corrected chi connectivity index (χ3v) is 24.3. The van der Waals surface area contributed by atoms with Crippen LogP contribution in [-0.2, 0) is 0 Å². The van der Waals surface area contributed by atoms with Gasteiger partial charge in [-0.05, 0) is 6.92 Å². The lowest BCUT2D eigenvalue weighted by atomic mass is 9.89. The Bertz CT molecular complexity index is 300. The lowest BCUT2D eigenvalue weighted by Gasteiger charge is -2.62. The summed E-state index contributed by atoms with van der Waals surface area (Å²) in [5.74, 6) is 0. The molecule has 0 amide bonds. The number of hydrogen-bond donors (Lipinski definition) is 0. The van der Waals surface area contributed by atoms with Crippen LogP contribution in [0.3, 0.4) is 0 Å². The van der Waals surface area contributed by atoms with Crippen LogP contribution in [0.2, 0.25) is 0 Å². The van der Waals surface area contributed by atoms with Crippen molar-refractivity contribution >= 4 is 159 Å². The molecule has 10 heteroatoms. The van der Waals surface area contributed by atoms with Crippen LogP contribution < -0.4 is 0 Å². The Morgan fingerprint density at radius 1 is 0.647 bits per heavy atom. The maximum absolute atomic E-state index is 3.78. The fourth-order valence-electron chi connectivity index (χ4n) is 1.37. The van der Waals surface area contributed by atoms with E-state index in [4.69, 9.17) is 0 Å². The molecule has 2 unspecified atom stereocenters. The van der Waals surface area contributed by atoms with E-state index in [1.165, 1.54) is 0 Å². The van der Waals surface area contributed by atoms with Crippen molar-refractivity contribution in [3.63, 3.8) is 0 Å². The molecule has 1 rings (SSSR count). The van der Waals surface area contributed by atoms with Gasteiger partial charge in [-0.25, -0.2) is 0 Å². The molecule has 1 aliphatic carbocycles. The molecule has 102 valence electrons. The number of alkyl halides is 10. The number of halogens is 10. The predicted molar refractivity (Wildman–Crippen MR) is 112 cm³/mol. The summed E-state index contributed by atoms with van der Waals surface area (Å²) in [5.41, 5.74) is 0. The van der Waals surface area contributed by atoms with Gasteiger partial charge in [-0.3, -0.25) is 0 Å². The Morgan fingerprint density at radius 3 is 1.35 bits per heavy atom. The van der Waals surface area contributed by atoms with E-state index < -0.39 is 12.9 Å². The van der Waals surface area contributed by atoms with Gasteiger partial charge in [-0.1, -0.05) is 159 Å². The molecule has 0 saturated heterocycles. The Morgan fingerprint density at radius 2 is 1.00 bits per heavy atom. The van der Waals surface area contributed by atoms with Crippen molar-refractivity contribution in [1.82, 2.24) is 0 Å². The van der Waals surface area contributed by atoms with Gasteiger partial charge in [-0.15, -0.1) is 0 Å². The summed E-state index contributed by atoms with van der Waals surface area (Å²) in [5, 5.41) is 0. The van der Waals surface area contributed by atoms with E-state index in [0.29, 0.717) is 0 Å². The van der Waals surface area contributed by atoms with Crippen LogP contribution in [0, 0.1) is 0 Å². The highest BCUT2D eigenvalue weighted by molar-refractivity contribution is 9.35. The molecular formula is C7H4Br10. The van der Waals surface area contributed by atoms with Crippen molar-refractivity contribution in [3.05, 3.63) is 0 Å². The number of rotatable bonds is 0. The van der Waals surface area contributed by atoms with Crippen molar-refractivity contribution in [2.24, 2.45) is 0 Å². The largest absolute Gasteiger partial charge is 0.134 e. The molecule has 0 aliphatic heterocycles. The average Bonchev–Trinajstić information content (AvgIpc) is 2.13. The van der Waals surface area contributed by atoms with E-state index in [0.717, 1.165) is 0 Å². The lowest BCUT2D eigenvalue weighted by Crippen LogP contribution is -2.73. The summed E-state index contributed by atoms with van der Waals surface area (Å²) in [4.78, 5) is 0.0308. The SMILES string of the molecule is CC1(Br)C(Br)C(Br)(Br)C(Br)(Br)C(Br)(Br)C1(Br)Br. The molecule has 0 aromatic rings. The molecule has 0 bridgehead atoms. The van der Waals surface area contributed by atoms with E-state index >= 15 is 0 Å². The van der Waals surface area contributed by atoms with E-state index in [9.17, 15) is 0 Å². The van der Waals surface area contributed by atoms with Crippen LogP contribution in [0.4, 0.5) is 0 Å². The molecule has 0 aromatic heterocycles. The summed E-state index contributed by atoms with van der Waals surface area (Å²) in [6, 6.07) is 0. The van der Waals surface area contributed by atoms with Gasteiger partial charge in [0.05, 0.1) is 9.15 Å². The molecule has 0 radical (unpaired) electrons. The molecule has 17 heavy (non-hydrogen) atoms. The first kappa shape index (κ1) is 19.8. The van der Waals surface area contributed by atoms with Crippen LogP contribution in [-0.4, -0.2) is 22.1 Å². The predicted octanol–water partition coefficient (Wildman–Crippen LogP) is 7.86. The van der Waals surface area contributed by atoms with Crippen LogP contribution >= 0.6 is 159 Å². The highest BCUT2D eigenvalue weighted by Gasteiger charge is 2.78. The van der Waals surface area contributed by atoms with Gasteiger partial charge < -0.3 is 0 Å². The van der Waals surface area contributed by atoms with Gasteiger partial charge >= 0.3 is 0 Å². The summed E-state index contributed by atoms with van der Waals surface area (Å²) >= 11 is 37.4. The summed E-state index contributed by atoms with van der Waals surface area (Å²) in [6.07, 6.45) is 0. The smallest absolute Gasteiger partial charge is 0.0849 e. The van der Waals surface area contributed by atoms with Gasteiger partial charge in [0.1, 0.15) is 12.9 Å². The first-order valence-electron chi connectivity index (χ1n) is 4.00. The molecule has 2 atom stereocenters. The molecule has 0 heterocycles. The fourth-order valence-corrected chi connectivity index (χ4v) is 12.3. The zero-order chi connectivity index (χ0) is 14.1. The van der Waals surface area contributed by atoms with Crippen LogP contribution in [0.25, 0.3) is 0 Å². The molecule has 0 spiro atoms. The summed E-state index contributed by atoms with van der Waals surface area (Å²) in [6.45, 7) is 2.08. The Kier molecular flexibility index (Phi) is 6.66. The van der Waals surface area contributed by atoms with Crippen molar-refractivity contribution < 1.29 is 0 Å². The highest BCUT2D eigenvalue weighted by Crippen LogP contribution is 2.77. The highest BCUT2D eigenvalue weighted by atomic mass is 79.9. The Labute approximate surface area is 185 Å². The van der Waals surface area contributed by atoms with Gasteiger partial charge in [0, 0.05) is 0 Å². The minimum Gasteiger partial charge on any atom is -0.0849 e. The van der Waals surface area contributed by atoms with E-state index in [-0.39, 0.29) is 9.15 Å². The molecule has 1 fully saturated rings. The normalized spacial score (nSPS) is 42.2. The quantitative estimate of drug-likeness (QED) is 0.218. The first-order valence-corrected chi connectivity index (χ1v) is 12.0. The second kappa shape index (κ2) is 5.71. The number of hydrogen-bond acceptors (Lipinski definition) is 0. The van der Waals surface area contributed by atoms with Crippen LogP contribution in [0.5, 0.6) is 0 Å². The molecule has 0 nitrogen and oxygen atoms in total. The molecule has 0 N–H and O–H groups in total. The maximum Gasteiger partial charge on any atom is 0.134 e. The zero-order valence-corrected chi connectivity index (χ0v) is 23.7. The van der Waals surface area contributed by atoms with Crippen LogP contribution in [0.1, 0.15) is 6.92 Å². The Hall–Kier alpha value is 4.80. The second-order valence-electron chi connectivity index (χ2n) is 3.78. The molecule has 0 aromatic carbocycles. The first-order chi connectivity index (χ1) is 7.15. The van der Waals surface area contributed by atoms with Crippen molar-refractivity contribution in [2.45, 2.75) is 29.0 Å². The fraction of sp³-hybridized carbons (Fsp3) is 1.00. The third-order valence-electron chi connectivity index (χ3n) is 2.62. The topological polar surface area (TPSA) is 0 Å². The average molecular weight is 887 g/mol. The van der Waals surface area contributed by atoms with Gasteiger partial charge in [0.15, 0.2) is 0 Å². The minimum absolute atomic E-state index is 0.0308. The second-order valence-corrected chi connectivity index (χ2v) is 20.2. The van der Waals surface area contributed by atoms with Crippen LogP contribution in [0.15, 0.2) is 0 Å².